The number of amides is 3. The molecule has 3 aromatic rings. The van der Waals surface area contributed by atoms with E-state index in [1.807, 2.05) is 0 Å². The van der Waals surface area contributed by atoms with E-state index in [4.69, 9.17) is 4.74 Å². The van der Waals surface area contributed by atoms with Crippen molar-refractivity contribution in [2.75, 3.05) is 42.5 Å². The number of benzene rings is 1. The van der Waals surface area contributed by atoms with Crippen LogP contribution in [0.15, 0.2) is 49.1 Å². The first-order chi connectivity index (χ1) is 18.8. The summed E-state index contributed by atoms with van der Waals surface area (Å²) in [4.78, 5) is 45.7. The van der Waals surface area contributed by atoms with E-state index < -0.39 is 35.8 Å². The first-order valence-corrected chi connectivity index (χ1v) is 12.4. The molecule has 0 bridgehead atoms. The molecule has 1 N–H and O–H groups in total. The molecule has 2 aromatic heterocycles. The molecule has 2 unspecified atom stereocenters. The zero-order chi connectivity index (χ0) is 27.5. The number of hydrogen-bond donors (Lipinski definition) is 1. The fourth-order valence-electron chi connectivity index (χ4n) is 4.64. The van der Waals surface area contributed by atoms with Crippen molar-refractivity contribution in [2.45, 2.75) is 25.6 Å². The van der Waals surface area contributed by atoms with E-state index in [0.29, 0.717) is 5.56 Å². The van der Waals surface area contributed by atoms with Crippen LogP contribution in [0.25, 0.3) is 0 Å². The van der Waals surface area contributed by atoms with Gasteiger partial charge in [0, 0.05) is 56.9 Å². The van der Waals surface area contributed by atoms with Crippen molar-refractivity contribution in [3.63, 3.8) is 0 Å². The van der Waals surface area contributed by atoms with Crippen LogP contribution in [0.1, 0.15) is 17.3 Å². The third-order valence-corrected chi connectivity index (χ3v) is 6.60. The molecule has 2 fully saturated rings. The Morgan fingerprint density at radius 1 is 1.15 bits per heavy atom. The van der Waals surface area contributed by atoms with Gasteiger partial charge in [0.05, 0.1) is 30.5 Å². The van der Waals surface area contributed by atoms with E-state index in [0.717, 1.165) is 12.1 Å². The number of pyridine rings is 1. The van der Waals surface area contributed by atoms with E-state index in [1.165, 1.54) is 26.9 Å². The molecule has 14 heteroatoms. The summed E-state index contributed by atoms with van der Waals surface area (Å²) in [6, 6.07) is 4.64. The topological polar surface area (TPSA) is 126 Å². The van der Waals surface area contributed by atoms with Crippen LogP contribution in [-0.2, 0) is 16.1 Å². The number of halogens is 2. The Kier molecular flexibility index (Phi) is 7.34. The zero-order valence-electron chi connectivity index (χ0n) is 21.0. The standard InChI is InChI=1S/C25H26F2N8O4/c1-16(30-23(36)17-3-2-4-28-13-17)24(37)33-9-7-32(8-10-33)22-20(26)11-18(12-21(22)27)35-15-19(39-25(35)38)14-34-6-5-29-31-34/h2-6,11-13,16,19H,7-10,14-15H2,1H3,(H,30,36). The average molecular weight is 541 g/mol. The number of rotatable bonds is 7. The molecule has 1 aromatic carbocycles. The lowest BCUT2D eigenvalue weighted by atomic mass is 10.1. The maximum atomic E-state index is 15.2. The molecule has 0 aliphatic carbocycles. The molecule has 5 rings (SSSR count). The monoisotopic (exact) mass is 540 g/mol. The van der Waals surface area contributed by atoms with Gasteiger partial charge in [-0.1, -0.05) is 5.21 Å². The summed E-state index contributed by atoms with van der Waals surface area (Å²) in [5.74, 6) is -2.36. The van der Waals surface area contributed by atoms with Gasteiger partial charge >= 0.3 is 6.09 Å². The van der Waals surface area contributed by atoms with Crippen LogP contribution in [0.3, 0.4) is 0 Å². The van der Waals surface area contributed by atoms with Gasteiger partial charge in [-0.25, -0.2) is 18.3 Å². The van der Waals surface area contributed by atoms with E-state index in [2.05, 4.69) is 20.6 Å². The maximum absolute atomic E-state index is 15.2. The van der Waals surface area contributed by atoms with Gasteiger partial charge in [0.2, 0.25) is 5.91 Å². The maximum Gasteiger partial charge on any atom is 0.414 e. The molecule has 4 heterocycles. The summed E-state index contributed by atoms with van der Waals surface area (Å²) in [5, 5.41) is 10.2. The number of ether oxygens (including phenoxy) is 1. The number of nitrogens with one attached hydrogen (secondary N) is 1. The van der Waals surface area contributed by atoms with Crippen LogP contribution in [0, 0.1) is 11.6 Å². The molecule has 39 heavy (non-hydrogen) atoms. The predicted octanol–water partition coefficient (Wildman–Crippen LogP) is 1.44. The number of anilines is 2. The van der Waals surface area contributed by atoms with Crippen molar-refractivity contribution in [1.29, 1.82) is 0 Å². The van der Waals surface area contributed by atoms with Gasteiger partial charge in [0.25, 0.3) is 5.91 Å². The summed E-state index contributed by atoms with van der Waals surface area (Å²) < 4.78 is 37.1. The Morgan fingerprint density at radius 2 is 1.90 bits per heavy atom. The minimum atomic E-state index is -0.825. The normalized spacial score (nSPS) is 18.2. The van der Waals surface area contributed by atoms with Gasteiger partial charge in [-0.2, -0.15) is 0 Å². The number of nitrogens with zero attached hydrogens (tertiary/aromatic N) is 7. The highest BCUT2D eigenvalue weighted by Gasteiger charge is 2.35. The predicted molar refractivity (Wildman–Crippen MR) is 134 cm³/mol. The molecular weight excluding hydrogens is 514 g/mol. The number of piperazine rings is 1. The first kappa shape index (κ1) is 26.0. The van der Waals surface area contributed by atoms with E-state index in [1.54, 1.807) is 36.4 Å². The molecule has 0 radical (unpaired) electrons. The molecule has 0 saturated carbocycles. The molecule has 204 valence electrons. The van der Waals surface area contributed by atoms with Gasteiger partial charge in [-0.15, -0.1) is 5.10 Å². The second-order valence-corrected chi connectivity index (χ2v) is 9.25. The highest BCUT2D eigenvalue weighted by molar-refractivity contribution is 5.97. The van der Waals surface area contributed by atoms with Gasteiger partial charge in [0.15, 0.2) is 11.6 Å². The van der Waals surface area contributed by atoms with Gasteiger partial charge in [-0.05, 0) is 19.1 Å². The number of hydrogen-bond acceptors (Lipinski definition) is 8. The van der Waals surface area contributed by atoms with Crippen LogP contribution >= 0.6 is 0 Å². The molecule has 2 saturated heterocycles. The lowest BCUT2D eigenvalue weighted by Gasteiger charge is -2.37. The average Bonchev–Trinajstić information content (AvgIpc) is 3.58. The van der Waals surface area contributed by atoms with Crippen molar-refractivity contribution in [3.05, 3.63) is 66.3 Å². The van der Waals surface area contributed by atoms with E-state index in [-0.39, 0.29) is 56.6 Å². The van der Waals surface area contributed by atoms with Gasteiger partial charge in [-0.3, -0.25) is 19.5 Å². The molecular formula is C25H26F2N8O4. The van der Waals surface area contributed by atoms with E-state index >= 15 is 8.78 Å². The molecule has 3 amide bonds. The highest BCUT2D eigenvalue weighted by Crippen LogP contribution is 2.31. The lowest BCUT2D eigenvalue weighted by Crippen LogP contribution is -2.54. The quantitative estimate of drug-likeness (QED) is 0.477. The van der Waals surface area contributed by atoms with Gasteiger partial charge < -0.3 is 19.9 Å². The minimum absolute atomic E-state index is 0.0480. The highest BCUT2D eigenvalue weighted by atomic mass is 19.1. The van der Waals surface area contributed by atoms with Crippen LogP contribution in [0.5, 0.6) is 0 Å². The fourth-order valence-corrected chi connectivity index (χ4v) is 4.64. The third-order valence-electron chi connectivity index (χ3n) is 6.60. The summed E-state index contributed by atoms with van der Waals surface area (Å²) in [5.41, 5.74) is 0.159. The summed E-state index contributed by atoms with van der Waals surface area (Å²) in [6.07, 6.45) is 4.81. The SMILES string of the molecule is CC(NC(=O)c1cccnc1)C(=O)N1CCN(c2c(F)cc(N3CC(Cn4ccnn4)OC3=O)cc2F)CC1. The van der Waals surface area contributed by atoms with Crippen molar-refractivity contribution < 1.29 is 27.9 Å². The third kappa shape index (κ3) is 5.63. The molecule has 0 spiro atoms. The Morgan fingerprint density at radius 3 is 2.54 bits per heavy atom. The zero-order valence-corrected chi connectivity index (χ0v) is 21.0. The lowest BCUT2D eigenvalue weighted by molar-refractivity contribution is -0.133. The Balaban J connectivity index is 1.19. The van der Waals surface area contributed by atoms with Crippen LogP contribution in [0.4, 0.5) is 25.0 Å². The first-order valence-electron chi connectivity index (χ1n) is 12.4. The number of carbonyl (C=O) groups excluding carboxylic acids is 3. The van der Waals surface area contributed by atoms with Crippen molar-refractivity contribution in [3.8, 4) is 0 Å². The summed E-state index contributed by atoms with van der Waals surface area (Å²) in [7, 11) is 0. The van der Waals surface area contributed by atoms with Gasteiger partial charge in [0.1, 0.15) is 17.8 Å². The Bertz CT molecular complexity index is 1330. The Labute approximate surface area is 222 Å². The van der Waals surface area contributed by atoms with Crippen LogP contribution in [0.2, 0.25) is 0 Å². The number of cyclic esters (lactones) is 1. The van der Waals surface area contributed by atoms with E-state index in [9.17, 15) is 14.4 Å². The van der Waals surface area contributed by atoms with Crippen LogP contribution in [-0.4, -0.2) is 87.7 Å². The van der Waals surface area contributed by atoms with Crippen molar-refractivity contribution in [2.24, 2.45) is 0 Å². The largest absolute Gasteiger partial charge is 0.442 e. The number of carbonyl (C=O) groups is 3. The summed E-state index contributed by atoms with van der Waals surface area (Å²) >= 11 is 0. The molecule has 12 nitrogen and oxygen atoms in total. The smallest absolute Gasteiger partial charge is 0.414 e. The molecule has 2 atom stereocenters. The number of aromatic nitrogens is 4. The fraction of sp³-hybridized carbons (Fsp3) is 0.360. The second kappa shape index (κ2) is 11.0. The minimum Gasteiger partial charge on any atom is -0.442 e. The van der Waals surface area contributed by atoms with Crippen molar-refractivity contribution >= 4 is 29.3 Å². The summed E-state index contributed by atoms with van der Waals surface area (Å²) in [6.45, 7) is 2.76. The molecule has 2 aliphatic rings. The van der Waals surface area contributed by atoms with Crippen molar-refractivity contribution in [1.82, 2.24) is 30.2 Å². The molecule has 2 aliphatic heterocycles. The van der Waals surface area contributed by atoms with Crippen LogP contribution < -0.4 is 15.1 Å². The Hall–Kier alpha value is -4.62. The second-order valence-electron chi connectivity index (χ2n) is 9.25.